The number of benzene rings is 2. The number of nitrogens with two attached hydrogens (primary N) is 1. The van der Waals surface area contributed by atoms with E-state index < -0.39 is 10.8 Å². The highest BCUT2D eigenvalue weighted by Gasteiger charge is 2.36. The van der Waals surface area contributed by atoms with E-state index in [0.717, 1.165) is 10.0 Å². The van der Waals surface area contributed by atoms with E-state index in [1.165, 1.54) is 18.2 Å². The first-order valence-electron chi connectivity index (χ1n) is 9.17. The van der Waals surface area contributed by atoms with Crippen LogP contribution in [-0.2, 0) is 6.61 Å². The van der Waals surface area contributed by atoms with Crippen LogP contribution in [0.3, 0.4) is 0 Å². The van der Waals surface area contributed by atoms with Crippen molar-refractivity contribution in [2.75, 3.05) is 0 Å². The second kappa shape index (κ2) is 8.12. The molecule has 1 unspecified atom stereocenters. The first-order valence-corrected chi connectivity index (χ1v) is 9.96. The number of hydrogen-bond donors (Lipinski definition) is 2. The number of allylic oxidation sites excluding steroid dienone is 1. The number of nitriles is 1. The number of aryl methyl sites for hydroxylation is 1. The molecule has 9 nitrogen and oxygen atoms in total. The second-order valence-corrected chi connectivity index (χ2v) is 7.80. The molecule has 0 saturated carbocycles. The van der Waals surface area contributed by atoms with Gasteiger partial charge in [-0.2, -0.15) is 5.26 Å². The van der Waals surface area contributed by atoms with Crippen LogP contribution in [0.25, 0.3) is 0 Å². The van der Waals surface area contributed by atoms with Crippen molar-refractivity contribution in [3.63, 3.8) is 0 Å². The van der Waals surface area contributed by atoms with Gasteiger partial charge in [0.1, 0.15) is 24.0 Å². The van der Waals surface area contributed by atoms with Crippen LogP contribution in [-0.4, -0.2) is 15.1 Å². The van der Waals surface area contributed by atoms with Crippen molar-refractivity contribution in [2.45, 2.75) is 19.4 Å². The Balaban J connectivity index is 1.83. The van der Waals surface area contributed by atoms with Gasteiger partial charge in [-0.15, -0.1) is 5.10 Å². The summed E-state index contributed by atoms with van der Waals surface area (Å²) < 4.78 is 12.4. The summed E-state index contributed by atoms with van der Waals surface area (Å²) in [6, 6.07) is 14.0. The molecule has 0 radical (unpaired) electrons. The minimum Gasteiger partial charge on any atom is -0.489 e. The minimum atomic E-state index is -0.729. The highest BCUT2D eigenvalue weighted by molar-refractivity contribution is 9.10. The zero-order valence-corrected chi connectivity index (χ0v) is 17.8. The maximum atomic E-state index is 11.5. The predicted octanol–water partition coefficient (Wildman–Crippen LogP) is 4.19. The molecule has 10 heteroatoms. The monoisotopic (exact) mass is 481 g/mol. The van der Waals surface area contributed by atoms with Crippen LogP contribution in [0.15, 0.2) is 58.4 Å². The van der Waals surface area contributed by atoms with Gasteiger partial charge in [-0.05, 0) is 30.7 Å². The lowest BCUT2D eigenvalue weighted by molar-refractivity contribution is -0.384. The Morgan fingerprint density at radius 2 is 2.10 bits per heavy atom. The van der Waals surface area contributed by atoms with E-state index in [2.05, 4.69) is 32.2 Å². The average Bonchev–Trinajstić information content (AvgIpc) is 3.12. The van der Waals surface area contributed by atoms with Crippen LogP contribution in [0.2, 0.25) is 0 Å². The van der Waals surface area contributed by atoms with Gasteiger partial charge in [0, 0.05) is 33.4 Å². The number of aromatic amines is 1. The molecule has 156 valence electrons. The lowest BCUT2D eigenvalue weighted by Gasteiger charge is -2.25. The van der Waals surface area contributed by atoms with E-state index in [0.29, 0.717) is 22.6 Å². The molecular weight excluding hydrogens is 466 g/mol. The second-order valence-electron chi connectivity index (χ2n) is 6.89. The fraction of sp³-hybridized carbons (Fsp3) is 0.143. The van der Waals surface area contributed by atoms with Crippen molar-refractivity contribution in [3.05, 3.63) is 90.9 Å². The number of non-ortho nitro benzene ring substituents is 1. The summed E-state index contributed by atoms with van der Waals surface area (Å²) in [5, 5.41) is 28.1. The Hall–Kier alpha value is -3.84. The van der Waals surface area contributed by atoms with Gasteiger partial charge in [0.25, 0.3) is 5.69 Å². The quantitative estimate of drug-likeness (QED) is 0.411. The van der Waals surface area contributed by atoms with Gasteiger partial charge >= 0.3 is 0 Å². The normalized spacial score (nSPS) is 15.1. The Morgan fingerprint density at radius 1 is 1.35 bits per heavy atom. The molecule has 0 amide bonds. The van der Waals surface area contributed by atoms with E-state index in [9.17, 15) is 15.4 Å². The molecule has 1 aliphatic heterocycles. The number of nitro benzene ring substituents is 1. The molecule has 4 rings (SSSR count). The van der Waals surface area contributed by atoms with Crippen LogP contribution in [0.1, 0.15) is 28.3 Å². The zero-order chi connectivity index (χ0) is 22.1. The van der Waals surface area contributed by atoms with Gasteiger partial charge < -0.3 is 15.2 Å². The van der Waals surface area contributed by atoms with Crippen LogP contribution >= 0.6 is 15.9 Å². The predicted molar refractivity (Wildman–Crippen MR) is 114 cm³/mol. The largest absolute Gasteiger partial charge is 0.489 e. The van der Waals surface area contributed by atoms with Gasteiger partial charge in [-0.25, -0.2) is 0 Å². The lowest BCUT2D eigenvalue weighted by atomic mass is 9.83. The van der Waals surface area contributed by atoms with Gasteiger partial charge in [-0.3, -0.25) is 15.2 Å². The molecule has 2 heterocycles. The summed E-state index contributed by atoms with van der Waals surface area (Å²) in [7, 11) is 0. The van der Waals surface area contributed by atoms with E-state index in [1.807, 2.05) is 24.3 Å². The number of hydrogen-bond acceptors (Lipinski definition) is 7. The summed E-state index contributed by atoms with van der Waals surface area (Å²) in [6.45, 7) is 2.01. The Morgan fingerprint density at radius 3 is 2.77 bits per heavy atom. The maximum Gasteiger partial charge on any atom is 0.270 e. The number of halogens is 1. The zero-order valence-electron chi connectivity index (χ0n) is 16.3. The third kappa shape index (κ3) is 3.83. The fourth-order valence-corrected chi connectivity index (χ4v) is 3.72. The maximum absolute atomic E-state index is 11.5. The molecular formula is C21H16BrN5O4. The van der Waals surface area contributed by atoms with Crippen molar-refractivity contribution in [3.8, 4) is 17.7 Å². The van der Waals surface area contributed by atoms with Crippen molar-refractivity contribution in [1.29, 1.82) is 5.26 Å². The van der Waals surface area contributed by atoms with Crippen molar-refractivity contribution < 1.29 is 14.4 Å². The number of H-pyrrole nitrogens is 1. The third-order valence-electron chi connectivity index (χ3n) is 4.95. The molecule has 3 aromatic rings. The van der Waals surface area contributed by atoms with Crippen LogP contribution < -0.4 is 15.2 Å². The number of aromatic nitrogens is 2. The summed E-state index contributed by atoms with van der Waals surface area (Å²) >= 11 is 3.39. The van der Waals surface area contributed by atoms with E-state index in [-0.39, 0.29) is 29.6 Å². The molecule has 0 spiro atoms. The molecule has 0 saturated heterocycles. The van der Waals surface area contributed by atoms with Gasteiger partial charge in [0.15, 0.2) is 0 Å². The van der Waals surface area contributed by atoms with Gasteiger partial charge in [0.2, 0.25) is 11.8 Å². The standard InChI is InChI=1S/C21H16BrN5O4/c1-11-18-19(16(9-23)20(24)31-21(18)26-25-11)15-8-14(27(28)29)6-7-17(15)30-10-12-2-4-13(22)5-3-12/h2-8,19H,10,24H2,1H3,(H,25,26). The van der Waals surface area contributed by atoms with E-state index >= 15 is 0 Å². The number of nitrogens with zero attached hydrogens (tertiary/aromatic N) is 3. The molecule has 0 fully saturated rings. The van der Waals surface area contributed by atoms with Crippen molar-refractivity contribution in [2.24, 2.45) is 5.73 Å². The van der Waals surface area contributed by atoms with Crippen molar-refractivity contribution >= 4 is 21.6 Å². The molecule has 1 aromatic heterocycles. The summed E-state index contributed by atoms with van der Waals surface area (Å²) in [6.07, 6.45) is 0. The van der Waals surface area contributed by atoms with E-state index in [1.54, 1.807) is 6.92 Å². The minimum absolute atomic E-state index is 0.100. The summed E-state index contributed by atoms with van der Waals surface area (Å²) in [4.78, 5) is 11.0. The molecule has 1 atom stereocenters. The first-order chi connectivity index (χ1) is 14.9. The molecule has 31 heavy (non-hydrogen) atoms. The smallest absolute Gasteiger partial charge is 0.270 e. The topological polar surface area (TPSA) is 140 Å². The third-order valence-corrected chi connectivity index (χ3v) is 5.48. The first kappa shape index (κ1) is 20.4. The SMILES string of the molecule is Cc1[nH]nc2c1C(c1cc([N+](=O)[O-])ccc1OCc1ccc(Br)cc1)C(C#N)=C(N)O2. The Labute approximate surface area is 185 Å². The number of nitrogens with one attached hydrogen (secondary N) is 1. The molecule has 1 aliphatic rings. The van der Waals surface area contributed by atoms with Crippen LogP contribution in [0.4, 0.5) is 5.69 Å². The number of rotatable bonds is 5. The highest BCUT2D eigenvalue weighted by Crippen LogP contribution is 2.46. The average molecular weight is 482 g/mol. The molecule has 2 aromatic carbocycles. The number of nitro groups is 1. The lowest BCUT2D eigenvalue weighted by Crippen LogP contribution is -2.21. The molecule has 0 aliphatic carbocycles. The number of ether oxygens (including phenoxy) is 2. The summed E-state index contributed by atoms with van der Waals surface area (Å²) in [5.74, 6) is -0.207. The highest BCUT2D eigenvalue weighted by atomic mass is 79.9. The van der Waals surface area contributed by atoms with Gasteiger partial charge in [0.05, 0.1) is 10.8 Å². The Kier molecular flexibility index (Phi) is 5.35. The Bertz CT molecular complexity index is 1240. The fourth-order valence-electron chi connectivity index (χ4n) is 3.46. The summed E-state index contributed by atoms with van der Waals surface area (Å²) in [5.41, 5.74) is 8.56. The number of fused-ring (bicyclic) bond motifs is 1. The molecule has 3 N–H and O–H groups in total. The van der Waals surface area contributed by atoms with Gasteiger partial charge in [-0.1, -0.05) is 28.1 Å². The van der Waals surface area contributed by atoms with Crippen molar-refractivity contribution in [1.82, 2.24) is 10.2 Å². The van der Waals surface area contributed by atoms with Crippen LogP contribution in [0, 0.1) is 28.4 Å². The van der Waals surface area contributed by atoms with Crippen LogP contribution in [0.5, 0.6) is 11.6 Å². The van der Waals surface area contributed by atoms with E-state index in [4.69, 9.17) is 15.2 Å². The molecule has 0 bridgehead atoms.